The van der Waals surface area contributed by atoms with E-state index in [-0.39, 0.29) is 29.8 Å². The summed E-state index contributed by atoms with van der Waals surface area (Å²) in [6.45, 7) is 3.65. The van der Waals surface area contributed by atoms with E-state index in [1.807, 2.05) is 6.92 Å². The van der Waals surface area contributed by atoms with Gasteiger partial charge in [-0.1, -0.05) is 36.4 Å². The Hall–Kier alpha value is -4.38. The molecule has 34 heavy (non-hydrogen) atoms. The number of hydrazone groups is 1. The number of rotatable bonds is 7. The van der Waals surface area contributed by atoms with Gasteiger partial charge in [-0.25, -0.2) is 20.2 Å². The molecule has 7 N–H and O–H groups in total. The number of halogens is 1. The van der Waals surface area contributed by atoms with Gasteiger partial charge in [-0.3, -0.25) is 9.59 Å². The van der Waals surface area contributed by atoms with Crippen LogP contribution in [-0.4, -0.2) is 27.6 Å². The number of benzene rings is 2. The first-order valence-corrected chi connectivity index (χ1v) is 10.3. The van der Waals surface area contributed by atoms with Gasteiger partial charge in [0.2, 0.25) is 0 Å². The van der Waals surface area contributed by atoms with E-state index >= 15 is 0 Å². The van der Waals surface area contributed by atoms with E-state index in [9.17, 15) is 14.0 Å². The number of amides is 2. The number of aryl methyl sites for hydroxylation is 1. The van der Waals surface area contributed by atoms with Crippen molar-refractivity contribution in [1.82, 2.24) is 26.0 Å². The molecule has 0 spiro atoms. The van der Waals surface area contributed by atoms with Gasteiger partial charge in [0.15, 0.2) is 5.84 Å². The Morgan fingerprint density at radius 2 is 1.74 bits per heavy atom. The molecule has 0 saturated heterocycles. The van der Waals surface area contributed by atoms with Crippen molar-refractivity contribution in [2.75, 3.05) is 0 Å². The van der Waals surface area contributed by atoms with Gasteiger partial charge < -0.3 is 21.9 Å². The van der Waals surface area contributed by atoms with Gasteiger partial charge in [0.25, 0.3) is 11.8 Å². The number of hydrogen-bond donors (Lipinski definition) is 5. The van der Waals surface area contributed by atoms with Crippen molar-refractivity contribution < 1.29 is 14.0 Å². The second-order valence-corrected chi connectivity index (χ2v) is 7.49. The molecule has 1 atom stereocenters. The van der Waals surface area contributed by atoms with Gasteiger partial charge in [0, 0.05) is 18.2 Å². The molecule has 1 heterocycles. The molecule has 0 saturated carbocycles. The highest BCUT2D eigenvalue weighted by molar-refractivity contribution is 5.98. The van der Waals surface area contributed by atoms with Crippen LogP contribution in [0.5, 0.6) is 0 Å². The summed E-state index contributed by atoms with van der Waals surface area (Å²) in [6, 6.07) is 12.7. The molecule has 1 aromatic heterocycles. The van der Waals surface area contributed by atoms with Crippen molar-refractivity contribution in [3.63, 3.8) is 0 Å². The standard InChI is InChI=1S/C23H25FN8O2/c1-13-9-15(3-8-18(13)24)11-27-22(33)19-10-20(29-12-28-19)23(34)30-14(2)16-4-6-17(7-5-16)21(31-25)32-26/h3-10,12,14H,11,25-26H2,1-2H3,(H,27,33)(H,30,34)(H,31,32). The largest absolute Gasteiger partial charge is 0.347 e. The van der Waals surface area contributed by atoms with Gasteiger partial charge in [-0.2, -0.15) is 5.10 Å². The van der Waals surface area contributed by atoms with Crippen LogP contribution in [-0.2, 0) is 6.54 Å². The van der Waals surface area contributed by atoms with Crippen LogP contribution in [0.15, 0.2) is 60.0 Å². The number of nitrogens with one attached hydrogen (secondary N) is 3. The zero-order chi connectivity index (χ0) is 24.7. The fourth-order valence-corrected chi connectivity index (χ4v) is 3.17. The lowest BCUT2D eigenvalue weighted by atomic mass is 10.1. The summed E-state index contributed by atoms with van der Waals surface area (Å²) in [5, 5.41) is 9.08. The van der Waals surface area contributed by atoms with Crippen molar-refractivity contribution in [1.29, 1.82) is 0 Å². The van der Waals surface area contributed by atoms with E-state index in [4.69, 9.17) is 11.7 Å². The van der Waals surface area contributed by atoms with Gasteiger partial charge >= 0.3 is 0 Å². The van der Waals surface area contributed by atoms with Gasteiger partial charge in [-0.05, 0) is 36.6 Å². The van der Waals surface area contributed by atoms with E-state index in [2.05, 4.69) is 31.1 Å². The van der Waals surface area contributed by atoms with Crippen molar-refractivity contribution in [3.8, 4) is 0 Å². The summed E-state index contributed by atoms with van der Waals surface area (Å²) < 4.78 is 13.4. The topological polar surface area (TPSA) is 160 Å². The fraction of sp³-hybridized carbons (Fsp3) is 0.174. The molecule has 0 bridgehead atoms. The summed E-state index contributed by atoms with van der Waals surface area (Å²) in [5.41, 5.74) is 5.23. The lowest BCUT2D eigenvalue weighted by molar-refractivity contribution is 0.0934. The van der Waals surface area contributed by atoms with Gasteiger partial charge in [0.1, 0.15) is 23.5 Å². The predicted molar refractivity (Wildman–Crippen MR) is 125 cm³/mol. The normalized spacial score (nSPS) is 12.1. The number of amidine groups is 1. The third-order valence-corrected chi connectivity index (χ3v) is 5.11. The van der Waals surface area contributed by atoms with Crippen molar-refractivity contribution in [2.24, 2.45) is 16.8 Å². The Balaban J connectivity index is 1.63. The minimum Gasteiger partial charge on any atom is -0.347 e. The molecule has 3 aromatic rings. The van der Waals surface area contributed by atoms with E-state index < -0.39 is 11.8 Å². The smallest absolute Gasteiger partial charge is 0.270 e. The maximum absolute atomic E-state index is 13.4. The zero-order valence-corrected chi connectivity index (χ0v) is 18.7. The molecule has 0 aliphatic carbocycles. The first-order chi connectivity index (χ1) is 16.3. The number of nitrogens with two attached hydrogens (primary N) is 2. The molecule has 10 nitrogen and oxygen atoms in total. The van der Waals surface area contributed by atoms with Gasteiger partial charge in [0.05, 0.1) is 6.04 Å². The molecule has 3 rings (SSSR count). The molecule has 176 valence electrons. The molecule has 0 aliphatic rings. The Morgan fingerprint density at radius 1 is 1.06 bits per heavy atom. The second-order valence-electron chi connectivity index (χ2n) is 7.49. The van der Waals surface area contributed by atoms with Crippen molar-refractivity contribution >= 4 is 17.6 Å². The first-order valence-electron chi connectivity index (χ1n) is 10.3. The maximum Gasteiger partial charge on any atom is 0.270 e. The lowest BCUT2D eigenvalue weighted by Gasteiger charge is -2.15. The Kier molecular flexibility index (Phi) is 7.83. The third kappa shape index (κ3) is 5.90. The maximum atomic E-state index is 13.4. The fourth-order valence-electron chi connectivity index (χ4n) is 3.17. The highest BCUT2D eigenvalue weighted by Gasteiger charge is 2.16. The van der Waals surface area contributed by atoms with E-state index in [1.165, 1.54) is 12.1 Å². The van der Waals surface area contributed by atoms with Crippen LogP contribution >= 0.6 is 0 Å². The van der Waals surface area contributed by atoms with Crippen LogP contribution in [0.2, 0.25) is 0 Å². The second kappa shape index (κ2) is 11.0. The molecular formula is C23H25FN8O2. The Labute approximate surface area is 195 Å². The molecular weight excluding hydrogens is 439 g/mol. The van der Waals surface area contributed by atoms with Crippen LogP contribution in [0.4, 0.5) is 4.39 Å². The molecule has 0 fully saturated rings. The van der Waals surface area contributed by atoms with E-state index in [0.717, 1.165) is 17.5 Å². The number of hydrogen-bond acceptors (Lipinski definition) is 7. The molecule has 11 heteroatoms. The summed E-state index contributed by atoms with van der Waals surface area (Å²) in [7, 11) is 0. The number of carbonyl (C=O) groups excluding carboxylic acids is 2. The average molecular weight is 465 g/mol. The highest BCUT2D eigenvalue weighted by atomic mass is 19.1. The summed E-state index contributed by atoms with van der Waals surface area (Å²) in [6.07, 6.45) is 1.15. The predicted octanol–water partition coefficient (Wildman–Crippen LogP) is 1.43. The highest BCUT2D eigenvalue weighted by Crippen LogP contribution is 2.15. The third-order valence-electron chi connectivity index (χ3n) is 5.11. The van der Waals surface area contributed by atoms with Crippen LogP contribution < -0.4 is 27.7 Å². The lowest BCUT2D eigenvalue weighted by Crippen LogP contribution is -2.32. The van der Waals surface area contributed by atoms with Crippen molar-refractivity contribution in [3.05, 3.63) is 94.3 Å². The Morgan fingerprint density at radius 3 is 2.35 bits per heavy atom. The average Bonchev–Trinajstić information content (AvgIpc) is 2.85. The molecule has 0 radical (unpaired) electrons. The van der Waals surface area contributed by atoms with E-state index in [0.29, 0.717) is 17.0 Å². The van der Waals surface area contributed by atoms with Crippen LogP contribution in [0, 0.1) is 12.7 Å². The van der Waals surface area contributed by atoms with E-state index in [1.54, 1.807) is 43.3 Å². The van der Waals surface area contributed by atoms with Crippen LogP contribution in [0.3, 0.4) is 0 Å². The SMILES string of the molecule is Cc1cc(CNC(=O)c2cc(C(=O)NC(C)c3ccc(/C(=N/N)NN)cc3)ncn2)ccc1F. The molecule has 0 aliphatic heterocycles. The molecule has 1 unspecified atom stereocenters. The summed E-state index contributed by atoms with van der Waals surface area (Å²) >= 11 is 0. The first kappa shape index (κ1) is 24.3. The zero-order valence-electron chi connectivity index (χ0n) is 18.7. The number of carbonyl (C=O) groups is 2. The number of nitrogens with zero attached hydrogens (tertiary/aromatic N) is 3. The van der Waals surface area contributed by atoms with Crippen LogP contribution in [0.25, 0.3) is 0 Å². The summed E-state index contributed by atoms with van der Waals surface area (Å²) in [4.78, 5) is 33.1. The number of hydrazine groups is 1. The summed E-state index contributed by atoms with van der Waals surface area (Å²) in [5.74, 6) is 9.71. The molecule has 2 aromatic carbocycles. The Bertz CT molecular complexity index is 1210. The molecule has 2 amide bonds. The minimum atomic E-state index is -0.479. The quantitative estimate of drug-likeness (QED) is 0.153. The van der Waals surface area contributed by atoms with Gasteiger partial charge in [-0.15, -0.1) is 0 Å². The number of aromatic nitrogens is 2. The van der Waals surface area contributed by atoms with Crippen molar-refractivity contribution in [2.45, 2.75) is 26.4 Å². The minimum absolute atomic E-state index is 0.0406. The monoisotopic (exact) mass is 464 g/mol. The van der Waals surface area contributed by atoms with Crippen LogP contribution in [0.1, 0.15) is 56.2 Å².